The summed E-state index contributed by atoms with van der Waals surface area (Å²) in [5.74, 6) is 0.581. The van der Waals surface area contributed by atoms with Crippen LogP contribution < -0.4 is 4.74 Å². The van der Waals surface area contributed by atoms with Gasteiger partial charge in [0, 0.05) is 4.47 Å². The van der Waals surface area contributed by atoms with Gasteiger partial charge in [-0.2, -0.15) is 0 Å². The topological polar surface area (TPSA) is 46.6 Å². The van der Waals surface area contributed by atoms with Crippen molar-refractivity contribution >= 4 is 90.1 Å². The SMILES string of the molecule is CCOc1c(I)cc(/C=C2\SC(=O)N(Cc3ccccc3Br)C2=O)cc1I. The van der Waals surface area contributed by atoms with Crippen molar-refractivity contribution in [2.75, 3.05) is 6.61 Å². The molecule has 3 rings (SSSR count). The fourth-order valence-electron chi connectivity index (χ4n) is 2.53. The number of carbonyl (C=O) groups excluding carboxylic acids is 2. The third-order valence-electron chi connectivity index (χ3n) is 3.77. The molecule has 4 nitrogen and oxygen atoms in total. The predicted molar refractivity (Wildman–Crippen MR) is 129 cm³/mol. The molecule has 2 aromatic rings. The monoisotopic (exact) mass is 669 g/mol. The molecule has 0 atom stereocenters. The second kappa shape index (κ2) is 9.27. The van der Waals surface area contributed by atoms with Crippen molar-refractivity contribution in [3.05, 3.63) is 64.0 Å². The summed E-state index contributed by atoms with van der Waals surface area (Å²) in [6.45, 7) is 2.79. The third-order valence-corrected chi connectivity index (χ3v) is 7.05. The molecule has 0 aromatic heterocycles. The minimum atomic E-state index is -0.264. The Hall–Kier alpha value is -0.590. The number of benzene rings is 2. The Kier molecular flexibility index (Phi) is 7.25. The Labute approximate surface area is 197 Å². The van der Waals surface area contributed by atoms with Gasteiger partial charge in [0.2, 0.25) is 0 Å². The van der Waals surface area contributed by atoms with Crippen LogP contribution in [0.2, 0.25) is 0 Å². The van der Waals surface area contributed by atoms with Crippen molar-refractivity contribution in [3.8, 4) is 5.75 Å². The van der Waals surface area contributed by atoms with Gasteiger partial charge in [0.15, 0.2) is 0 Å². The van der Waals surface area contributed by atoms with Crippen LogP contribution in [0.3, 0.4) is 0 Å². The van der Waals surface area contributed by atoms with Crippen LogP contribution in [-0.2, 0) is 11.3 Å². The maximum absolute atomic E-state index is 12.7. The summed E-state index contributed by atoms with van der Waals surface area (Å²) in [5, 5.41) is -0.252. The first-order chi connectivity index (χ1) is 12.9. The molecule has 0 bridgehead atoms. The summed E-state index contributed by atoms with van der Waals surface area (Å²) in [6, 6.07) is 11.5. The van der Waals surface area contributed by atoms with Crippen molar-refractivity contribution in [2.24, 2.45) is 0 Å². The Morgan fingerprint density at radius 1 is 1.19 bits per heavy atom. The van der Waals surface area contributed by atoms with Crippen LogP contribution in [0.25, 0.3) is 6.08 Å². The van der Waals surface area contributed by atoms with Crippen molar-refractivity contribution in [2.45, 2.75) is 13.5 Å². The zero-order valence-electron chi connectivity index (χ0n) is 14.2. The summed E-state index contributed by atoms with van der Waals surface area (Å²) in [6.07, 6.45) is 1.77. The molecule has 140 valence electrons. The van der Waals surface area contributed by atoms with Crippen LogP contribution in [-0.4, -0.2) is 22.7 Å². The fourth-order valence-corrected chi connectivity index (χ4v) is 5.91. The first kappa shape index (κ1) is 21.1. The quantitative estimate of drug-likeness (QED) is 0.277. The summed E-state index contributed by atoms with van der Waals surface area (Å²) >= 11 is 8.88. The van der Waals surface area contributed by atoms with Gasteiger partial charge in [-0.3, -0.25) is 14.5 Å². The fraction of sp³-hybridized carbons (Fsp3) is 0.158. The van der Waals surface area contributed by atoms with Gasteiger partial charge in [-0.1, -0.05) is 34.1 Å². The van der Waals surface area contributed by atoms with Crippen molar-refractivity contribution in [1.29, 1.82) is 0 Å². The van der Waals surface area contributed by atoms with E-state index in [1.807, 2.05) is 43.3 Å². The molecular formula is C19H14BrI2NO3S. The second-order valence-corrected chi connectivity index (χ2v) is 9.78. The van der Waals surface area contributed by atoms with Gasteiger partial charge < -0.3 is 4.74 Å². The Morgan fingerprint density at radius 3 is 2.48 bits per heavy atom. The van der Waals surface area contributed by atoms with Gasteiger partial charge in [-0.25, -0.2) is 0 Å². The highest BCUT2D eigenvalue weighted by Gasteiger charge is 2.35. The van der Waals surface area contributed by atoms with Crippen molar-refractivity contribution in [1.82, 2.24) is 4.90 Å². The number of imide groups is 1. The molecule has 0 saturated carbocycles. The van der Waals surface area contributed by atoms with E-state index in [9.17, 15) is 9.59 Å². The van der Waals surface area contributed by atoms with Crippen LogP contribution in [0.1, 0.15) is 18.1 Å². The molecule has 1 saturated heterocycles. The highest BCUT2D eigenvalue weighted by molar-refractivity contribution is 14.1. The number of thioether (sulfide) groups is 1. The van der Waals surface area contributed by atoms with Gasteiger partial charge in [-0.05, 0) is 99.3 Å². The van der Waals surface area contributed by atoms with Crippen LogP contribution in [0.4, 0.5) is 4.79 Å². The molecule has 8 heteroatoms. The molecule has 2 amide bonds. The number of amides is 2. The van der Waals surface area contributed by atoms with E-state index in [1.54, 1.807) is 6.08 Å². The number of halogens is 3. The van der Waals surface area contributed by atoms with E-state index in [-0.39, 0.29) is 17.7 Å². The number of hydrogen-bond donors (Lipinski definition) is 0. The largest absolute Gasteiger partial charge is 0.492 e. The lowest BCUT2D eigenvalue weighted by Crippen LogP contribution is -2.27. The smallest absolute Gasteiger partial charge is 0.293 e. The molecule has 2 aromatic carbocycles. The number of carbonyl (C=O) groups is 2. The molecule has 1 aliphatic heterocycles. The molecule has 0 N–H and O–H groups in total. The average Bonchev–Trinajstić information content (AvgIpc) is 2.87. The summed E-state index contributed by atoms with van der Waals surface area (Å²) in [7, 11) is 0. The lowest BCUT2D eigenvalue weighted by molar-refractivity contribution is -0.123. The highest BCUT2D eigenvalue weighted by Crippen LogP contribution is 2.36. The standard InChI is InChI=1S/C19H14BrI2NO3S/c1-2-26-17-14(21)7-11(8-15(17)22)9-16-18(24)23(19(25)27-16)10-12-5-3-4-6-13(12)20/h3-9H,2,10H2,1H3/b16-9-. The summed E-state index contributed by atoms with van der Waals surface area (Å²) < 4.78 is 8.47. The Balaban J connectivity index is 1.85. The summed E-state index contributed by atoms with van der Waals surface area (Å²) in [5.41, 5.74) is 1.77. The van der Waals surface area contributed by atoms with E-state index in [0.717, 1.165) is 40.3 Å². The zero-order valence-corrected chi connectivity index (χ0v) is 20.9. The van der Waals surface area contributed by atoms with E-state index >= 15 is 0 Å². The van der Waals surface area contributed by atoms with E-state index < -0.39 is 0 Å². The summed E-state index contributed by atoms with van der Waals surface area (Å²) in [4.78, 5) is 26.8. The second-order valence-electron chi connectivity index (χ2n) is 5.61. The van der Waals surface area contributed by atoms with Gasteiger partial charge in [0.25, 0.3) is 11.1 Å². The van der Waals surface area contributed by atoms with Gasteiger partial charge in [0.05, 0.1) is 25.2 Å². The predicted octanol–water partition coefficient (Wildman–Crippen LogP) is 6.29. The number of rotatable bonds is 5. The van der Waals surface area contributed by atoms with Gasteiger partial charge in [0.1, 0.15) is 5.75 Å². The first-order valence-corrected chi connectivity index (χ1v) is 11.8. The minimum absolute atomic E-state index is 0.252. The lowest BCUT2D eigenvalue weighted by atomic mass is 10.2. The first-order valence-electron chi connectivity index (χ1n) is 8.01. The van der Waals surface area contributed by atoms with Gasteiger partial charge >= 0.3 is 0 Å². The van der Waals surface area contributed by atoms with E-state index in [1.165, 1.54) is 4.90 Å². The maximum Gasteiger partial charge on any atom is 0.293 e. The lowest BCUT2D eigenvalue weighted by Gasteiger charge is -2.13. The van der Waals surface area contributed by atoms with Crippen LogP contribution in [0.15, 0.2) is 45.8 Å². The third kappa shape index (κ3) is 4.88. The molecule has 0 radical (unpaired) electrons. The van der Waals surface area contributed by atoms with Crippen LogP contribution >= 0.6 is 72.9 Å². The van der Waals surface area contributed by atoms with E-state index in [4.69, 9.17) is 4.74 Å². The molecule has 0 spiro atoms. The normalized spacial score (nSPS) is 15.7. The number of ether oxygens (including phenoxy) is 1. The molecule has 27 heavy (non-hydrogen) atoms. The number of nitrogens with zero attached hydrogens (tertiary/aromatic N) is 1. The van der Waals surface area contributed by atoms with E-state index in [2.05, 4.69) is 61.1 Å². The number of hydrogen-bond acceptors (Lipinski definition) is 4. The van der Waals surface area contributed by atoms with Crippen molar-refractivity contribution < 1.29 is 14.3 Å². The molecule has 1 fully saturated rings. The Morgan fingerprint density at radius 2 is 1.85 bits per heavy atom. The molecule has 1 heterocycles. The Bertz CT molecular complexity index is 925. The average molecular weight is 670 g/mol. The highest BCUT2D eigenvalue weighted by atomic mass is 127. The van der Waals surface area contributed by atoms with Crippen LogP contribution in [0, 0.1) is 7.14 Å². The van der Waals surface area contributed by atoms with Gasteiger partial charge in [-0.15, -0.1) is 0 Å². The molecule has 0 unspecified atom stereocenters. The maximum atomic E-state index is 12.7. The molecule has 0 aliphatic carbocycles. The molecule has 1 aliphatic rings. The van der Waals surface area contributed by atoms with E-state index in [0.29, 0.717) is 11.5 Å². The van der Waals surface area contributed by atoms with Crippen molar-refractivity contribution in [3.63, 3.8) is 0 Å². The zero-order chi connectivity index (χ0) is 19.6. The minimum Gasteiger partial charge on any atom is -0.492 e. The van der Waals surface area contributed by atoms with Crippen LogP contribution in [0.5, 0.6) is 5.75 Å². The molecular weight excluding hydrogens is 656 g/mol.